The van der Waals surface area contributed by atoms with Gasteiger partial charge in [-0.15, -0.1) is 0 Å². The molecule has 0 radical (unpaired) electrons. The van der Waals surface area contributed by atoms with Crippen molar-refractivity contribution in [3.8, 4) is 6.07 Å². The van der Waals surface area contributed by atoms with E-state index in [4.69, 9.17) is 5.26 Å². The SMILES string of the molecule is CNCC1CCN(CC#N)C1. The Morgan fingerprint density at radius 3 is 3.18 bits per heavy atom. The van der Waals surface area contributed by atoms with Gasteiger partial charge >= 0.3 is 0 Å². The lowest BCUT2D eigenvalue weighted by Gasteiger charge is -2.10. The highest BCUT2D eigenvalue weighted by atomic mass is 15.1. The third-order valence-corrected chi connectivity index (χ3v) is 2.16. The standard InChI is InChI=1S/C8H15N3/c1-10-6-8-2-4-11(7-8)5-3-9/h8,10H,2,4-7H2,1H3. The van der Waals surface area contributed by atoms with E-state index in [0.717, 1.165) is 25.6 Å². The van der Waals surface area contributed by atoms with E-state index in [2.05, 4.69) is 16.3 Å². The van der Waals surface area contributed by atoms with Crippen LogP contribution in [0.5, 0.6) is 0 Å². The molecule has 11 heavy (non-hydrogen) atoms. The van der Waals surface area contributed by atoms with Gasteiger partial charge < -0.3 is 5.32 Å². The van der Waals surface area contributed by atoms with Crippen LogP contribution in [-0.4, -0.2) is 38.1 Å². The Hall–Kier alpha value is -0.590. The molecule has 1 fully saturated rings. The summed E-state index contributed by atoms with van der Waals surface area (Å²) in [7, 11) is 1.98. The average Bonchev–Trinajstić information content (AvgIpc) is 2.38. The Bertz CT molecular complexity index is 150. The summed E-state index contributed by atoms with van der Waals surface area (Å²) in [5.41, 5.74) is 0. The lowest BCUT2D eigenvalue weighted by atomic mass is 10.1. The summed E-state index contributed by atoms with van der Waals surface area (Å²) in [5, 5.41) is 11.6. The number of nitriles is 1. The smallest absolute Gasteiger partial charge is 0.0866 e. The average molecular weight is 153 g/mol. The largest absolute Gasteiger partial charge is 0.319 e. The van der Waals surface area contributed by atoms with Crippen LogP contribution in [0.1, 0.15) is 6.42 Å². The van der Waals surface area contributed by atoms with Gasteiger partial charge in [0, 0.05) is 6.54 Å². The summed E-state index contributed by atoms with van der Waals surface area (Å²) >= 11 is 0. The minimum absolute atomic E-state index is 0.597. The fourth-order valence-electron chi connectivity index (χ4n) is 1.61. The lowest BCUT2D eigenvalue weighted by Crippen LogP contribution is -2.24. The molecule has 0 aromatic rings. The molecule has 3 nitrogen and oxygen atoms in total. The third kappa shape index (κ3) is 2.49. The molecule has 0 amide bonds. The second-order valence-corrected chi connectivity index (χ2v) is 3.11. The topological polar surface area (TPSA) is 39.1 Å². The van der Waals surface area contributed by atoms with Crippen LogP contribution < -0.4 is 5.32 Å². The highest BCUT2D eigenvalue weighted by Gasteiger charge is 2.20. The monoisotopic (exact) mass is 153 g/mol. The quantitative estimate of drug-likeness (QED) is 0.582. The first-order valence-corrected chi connectivity index (χ1v) is 4.10. The first-order chi connectivity index (χ1) is 5.36. The molecule has 1 aliphatic rings. The van der Waals surface area contributed by atoms with E-state index < -0.39 is 0 Å². The molecular formula is C8H15N3. The predicted octanol–water partition coefficient (Wildman–Crippen LogP) is 0.0513. The summed E-state index contributed by atoms with van der Waals surface area (Å²) in [6, 6.07) is 2.18. The molecule has 1 N–H and O–H groups in total. The molecule has 62 valence electrons. The molecule has 3 heteroatoms. The van der Waals surface area contributed by atoms with Crippen LogP contribution in [0.15, 0.2) is 0 Å². The van der Waals surface area contributed by atoms with Gasteiger partial charge in [0.2, 0.25) is 0 Å². The van der Waals surface area contributed by atoms with Crippen molar-refractivity contribution in [2.24, 2.45) is 5.92 Å². The Balaban J connectivity index is 2.19. The van der Waals surface area contributed by atoms with E-state index in [1.54, 1.807) is 0 Å². The first-order valence-electron chi connectivity index (χ1n) is 4.10. The minimum atomic E-state index is 0.597. The summed E-state index contributed by atoms with van der Waals surface area (Å²) in [4.78, 5) is 2.21. The summed E-state index contributed by atoms with van der Waals surface area (Å²) in [6.45, 7) is 3.87. The predicted molar refractivity (Wildman–Crippen MR) is 44.1 cm³/mol. The summed E-state index contributed by atoms with van der Waals surface area (Å²) in [6.07, 6.45) is 1.24. The van der Waals surface area contributed by atoms with Crippen molar-refractivity contribution in [3.05, 3.63) is 0 Å². The minimum Gasteiger partial charge on any atom is -0.319 e. The number of likely N-dealkylation sites (tertiary alicyclic amines) is 1. The van der Waals surface area contributed by atoms with Crippen LogP contribution in [0.3, 0.4) is 0 Å². The van der Waals surface area contributed by atoms with Crippen molar-refractivity contribution in [2.75, 3.05) is 33.2 Å². The van der Waals surface area contributed by atoms with Crippen LogP contribution >= 0.6 is 0 Å². The van der Waals surface area contributed by atoms with Crippen molar-refractivity contribution in [2.45, 2.75) is 6.42 Å². The van der Waals surface area contributed by atoms with Gasteiger partial charge in [-0.3, -0.25) is 4.90 Å². The molecule has 0 aromatic carbocycles. The van der Waals surface area contributed by atoms with E-state index in [1.807, 2.05) is 7.05 Å². The van der Waals surface area contributed by atoms with Crippen LogP contribution in [0.2, 0.25) is 0 Å². The van der Waals surface area contributed by atoms with Crippen molar-refractivity contribution in [1.29, 1.82) is 5.26 Å². The Kier molecular flexibility index (Phi) is 3.34. The Morgan fingerprint density at radius 2 is 2.55 bits per heavy atom. The maximum absolute atomic E-state index is 8.44. The number of hydrogen-bond donors (Lipinski definition) is 1. The molecule has 0 spiro atoms. The number of nitrogens with one attached hydrogen (secondary N) is 1. The Morgan fingerprint density at radius 1 is 1.73 bits per heavy atom. The van der Waals surface area contributed by atoms with Crippen LogP contribution in [0, 0.1) is 17.2 Å². The highest BCUT2D eigenvalue weighted by molar-refractivity contribution is 4.83. The van der Waals surface area contributed by atoms with E-state index >= 15 is 0 Å². The zero-order valence-corrected chi connectivity index (χ0v) is 7.01. The van der Waals surface area contributed by atoms with Gasteiger partial charge in [-0.25, -0.2) is 0 Å². The van der Waals surface area contributed by atoms with Gasteiger partial charge in [-0.1, -0.05) is 0 Å². The third-order valence-electron chi connectivity index (χ3n) is 2.16. The maximum atomic E-state index is 8.44. The number of hydrogen-bond acceptors (Lipinski definition) is 3. The van der Waals surface area contributed by atoms with Gasteiger partial charge in [0.1, 0.15) is 0 Å². The van der Waals surface area contributed by atoms with E-state index in [-0.39, 0.29) is 0 Å². The van der Waals surface area contributed by atoms with Gasteiger partial charge in [0.05, 0.1) is 12.6 Å². The maximum Gasteiger partial charge on any atom is 0.0866 e. The molecule has 1 rings (SSSR count). The fourth-order valence-corrected chi connectivity index (χ4v) is 1.61. The molecule has 1 unspecified atom stereocenters. The van der Waals surface area contributed by atoms with E-state index in [1.165, 1.54) is 6.42 Å². The van der Waals surface area contributed by atoms with Crippen LogP contribution in [0.25, 0.3) is 0 Å². The normalized spacial score (nSPS) is 25.3. The lowest BCUT2D eigenvalue weighted by molar-refractivity contribution is 0.360. The molecule has 0 bridgehead atoms. The van der Waals surface area contributed by atoms with Gasteiger partial charge in [-0.05, 0) is 32.5 Å². The van der Waals surface area contributed by atoms with Gasteiger partial charge in [0.15, 0.2) is 0 Å². The zero-order valence-electron chi connectivity index (χ0n) is 7.01. The summed E-state index contributed by atoms with van der Waals surface area (Å²) in [5.74, 6) is 0.758. The van der Waals surface area contributed by atoms with Crippen molar-refractivity contribution < 1.29 is 0 Å². The molecule has 1 atom stereocenters. The summed E-state index contributed by atoms with van der Waals surface area (Å²) < 4.78 is 0. The van der Waals surface area contributed by atoms with E-state index in [9.17, 15) is 0 Å². The molecular weight excluding hydrogens is 138 g/mol. The molecule has 0 saturated carbocycles. The zero-order chi connectivity index (χ0) is 8.10. The second-order valence-electron chi connectivity index (χ2n) is 3.11. The highest BCUT2D eigenvalue weighted by Crippen LogP contribution is 2.13. The Labute approximate surface area is 68.0 Å². The van der Waals surface area contributed by atoms with Crippen molar-refractivity contribution in [1.82, 2.24) is 10.2 Å². The second kappa shape index (κ2) is 4.32. The molecule has 1 aliphatic heterocycles. The van der Waals surface area contributed by atoms with Crippen molar-refractivity contribution in [3.63, 3.8) is 0 Å². The number of rotatable bonds is 3. The molecule has 0 aliphatic carbocycles. The number of nitrogens with zero attached hydrogens (tertiary/aromatic N) is 2. The molecule has 0 aromatic heterocycles. The first kappa shape index (κ1) is 8.51. The van der Waals surface area contributed by atoms with Crippen LogP contribution in [0.4, 0.5) is 0 Å². The molecule has 1 heterocycles. The van der Waals surface area contributed by atoms with Gasteiger partial charge in [0.25, 0.3) is 0 Å². The van der Waals surface area contributed by atoms with E-state index in [0.29, 0.717) is 6.54 Å². The molecule has 1 saturated heterocycles. The van der Waals surface area contributed by atoms with Gasteiger partial charge in [-0.2, -0.15) is 5.26 Å². The van der Waals surface area contributed by atoms with Crippen molar-refractivity contribution >= 4 is 0 Å². The van der Waals surface area contributed by atoms with Crippen LogP contribution in [-0.2, 0) is 0 Å². The fraction of sp³-hybridized carbons (Fsp3) is 0.875.